The highest BCUT2D eigenvalue weighted by molar-refractivity contribution is 7.89. The maximum Gasteiger partial charge on any atom is 0.243 e. The van der Waals surface area contributed by atoms with E-state index in [4.69, 9.17) is 0 Å². The first kappa shape index (κ1) is 20.3. The quantitative estimate of drug-likeness (QED) is 0.784. The van der Waals surface area contributed by atoms with Crippen molar-refractivity contribution in [3.63, 3.8) is 0 Å². The van der Waals surface area contributed by atoms with Gasteiger partial charge in [0.2, 0.25) is 15.9 Å². The van der Waals surface area contributed by atoms with Gasteiger partial charge in [-0.3, -0.25) is 9.69 Å². The van der Waals surface area contributed by atoms with Gasteiger partial charge in [-0.25, -0.2) is 8.42 Å². The van der Waals surface area contributed by atoms with Crippen LogP contribution in [0.4, 0.5) is 0 Å². The van der Waals surface area contributed by atoms with Crippen LogP contribution in [0.2, 0.25) is 0 Å². The minimum absolute atomic E-state index is 0.119. The Labute approximate surface area is 163 Å². The first-order valence-electron chi connectivity index (χ1n) is 9.87. The zero-order valence-electron chi connectivity index (χ0n) is 16.5. The van der Waals surface area contributed by atoms with Gasteiger partial charge in [-0.1, -0.05) is 32.0 Å². The Morgan fingerprint density at radius 1 is 1.00 bits per heavy atom. The van der Waals surface area contributed by atoms with E-state index in [0.29, 0.717) is 42.9 Å². The average molecular weight is 394 g/mol. The van der Waals surface area contributed by atoms with Crippen LogP contribution in [0.25, 0.3) is 0 Å². The number of carbonyl (C=O) groups excluding carboxylic acids is 1. The summed E-state index contributed by atoms with van der Waals surface area (Å²) in [4.78, 5) is 17.4. The Bertz CT molecular complexity index is 735. The van der Waals surface area contributed by atoms with Crippen LogP contribution in [0.5, 0.6) is 0 Å². The predicted molar refractivity (Wildman–Crippen MR) is 106 cm³/mol. The summed E-state index contributed by atoms with van der Waals surface area (Å²) in [7, 11) is -3.48. The average Bonchev–Trinajstić information content (AvgIpc) is 2.67. The van der Waals surface area contributed by atoms with E-state index in [1.54, 1.807) is 30.3 Å². The van der Waals surface area contributed by atoms with Crippen molar-refractivity contribution in [3.8, 4) is 0 Å². The van der Waals surface area contributed by atoms with Crippen molar-refractivity contribution in [3.05, 3.63) is 30.3 Å². The lowest BCUT2D eigenvalue weighted by atomic mass is 9.91. The molecule has 0 aromatic heterocycles. The van der Waals surface area contributed by atoms with Crippen LogP contribution in [-0.2, 0) is 14.8 Å². The predicted octanol–water partition coefficient (Wildman–Crippen LogP) is 1.89. The molecule has 3 rings (SSSR count). The molecule has 2 heterocycles. The fourth-order valence-electron chi connectivity index (χ4n) is 4.34. The molecule has 7 heteroatoms. The lowest BCUT2D eigenvalue weighted by molar-refractivity contribution is -0.138. The van der Waals surface area contributed by atoms with Crippen molar-refractivity contribution < 1.29 is 13.2 Å². The van der Waals surface area contributed by atoms with Crippen molar-refractivity contribution >= 4 is 15.9 Å². The number of piperazine rings is 1. The molecule has 6 nitrogen and oxygen atoms in total. The SMILES string of the molecule is C[C@H]1C[C@H](C)CN([C@@H](C)C(=O)N2CCN(S(=O)(=O)c3ccccc3)CC2)C1. The van der Waals surface area contributed by atoms with Crippen molar-refractivity contribution in [2.45, 2.75) is 38.1 Å². The van der Waals surface area contributed by atoms with Gasteiger partial charge in [0.05, 0.1) is 10.9 Å². The second-order valence-corrected chi connectivity index (χ2v) is 10.1. The van der Waals surface area contributed by atoms with Crippen LogP contribution in [0, 0.1) is 11.8 Å². The topological polar surface area (TPSA) is 60.9 Å². The summed E-state index contributed by atoms with van der Waals surface area (Å²) in [5.74, 6) is 1.33. The Hall–Kier alpha value is -1.44. The second kappa shape index (κ2) is 8.29. The summed E-state index contributed by atoms with van der Waals surface area (Å²) in [6.07, 6.45) is 1.22. The molecular formula is C20H31N3O3S. The highest BCUT2D eigenvalue weighted by Gasteiger charge is 2.34. The molecule has 2 aliphatic heterocycles. The fourth-order valence-corrected chi connectivity index (χ4v) is 5.78. The van der Waals surface area contributed by atoms with Crippen molar-refractivity contribution in [1.82, 2.24) is 14.1 Å². The molecule has 0 unspecified atom stereocenters. The number of rotatable bonds is 4. The van der Waals surface area contributed by atoms with E-state index < -0.39 is 10.0 Å². The van der Waals surface area contributed by atoms with Crippen LogP contribution < -0.4 is 0 Å². The van der Waals surface area contributed by atoms with Crippen LogP contribution in [-0.4, -0.2) is 73.7 Å². The summed E-state index contributed by atoms with van der Waals surface area (Å²) in [6.45, 7) is 9.99. The molecule has 0 bridgehead atoms. The second-order valence-electron chi connectivity index (χ2n) is 8.12. The van der Waals surface area contributed by atoms with Gasteiger partial charge in [-0.05, 0) is 37.3 Å². The van der Waals surface area contributed by atoms with Gasteiger partial charge in [0.25, 0.3) is 0 Å². The maximum absolute atomic E-state index is 13.0. The molecule has 3 atom stereocenters. The van der Waals surface area contributed by atoms with Crippen LogP contribution >= 0.6 is 0 Å². The molecule has 0 saturated carbocycles. The molecule has 0 N–H and O–H groups in total. The highest BCUT2D eigenvalue weighted by Crippen LogP contribution is 2.24. The number of hydrogen-bond acceptors (Lipinski definition) is 4. The molecule has 2 aliphatic rings. The molecule has 1 aromatic rings. The zero-order chi connectivity index (χ0) is 19.6. The molecule has 0 radical (unpaired) electrons. The normalized spacial score (nSPS) is 26.7. The Morgan fingerprint density at radius 3 is 2.11 bits per heavy atom. The number of hydrogen-bond donors (Lipinski definition) is 0. The third kappa shape index (κ3) is 4.52. The van der Waals surface area contributed by atoms with E-state index >= 15 is 0 Å². The molecule has 1 aromatic carbocycles. The molecule has 2 fully saturated rings. The monoisotopic (exact) mass is 393 g/mol. The van der Waals surface area contributed by atoms with E-state index in [1.165, 1.54) is 10.7 Å². The maximum atomic E-state index is 13.0. The molecule has 0 spiro atoms. The van der Waals surface area contributed by atoms with Crippen LogP contribution in [0.3, 0.4) is 0 Å². The number of sulfonamides is 1. The highest BCUT2D eigenvalue weighted by atomic mass is 32.2. The molecule has 2 saturated heterocycles. The van der Waals surface area contributed by atoms with E-state index in [9.17, 15) is 13.2 Å². The van der Waals surface area contributed by atoms with Gasteiger partial charge >= 0.3 is 0 Å². The van der Waals surface area contributed by atoms with Gasteiger partial charge in [-0.15, -0.1) is 0 Å². The minimum Gasteiger partial charge on any atom is -0.339 e. The number of piperidine rings is 1. The standard InChI is InChI=1S/C20H31N3O3S/c1-16-13-17(2)15-22(14-16)18(3)20(24)21-9-11-23(12-10-21)27(25,26)19-7-5-4-6-8-19/h4-8,16-18H,9-15H2,1-3H3/t16-,17-,18-/m0/s1. The van der Waals surface area contributed by atoms with Crippen molar-refractivity contribution in [1.29, 1.82) is 0 Å². The first-order chi connectivity index (χ1) is 12.8. The summed E-state index contributed by atoms with van der Waals surface area (Å²) < 4.78 is 27.0. The van der Waals surface area contributed by atoms with E-state index in [0.717, 1.165) is 13.1 Å². The number of nitrogens with zero attached hydrogens (tertiary/aromatic N) is 3. The Morgan fingerprint density at radius 2 is 1.56 bits per heavy atom. The summed E-state index contributed by atoms with van der Waals surface area (Å²) in [6, 6.07) is 8.36. The fraction of sp³-hybridized carbons (Fsp3) is 0.650. The number of benzene rings is 1. The molecule has 27 heavy (non-hydrogen) atoms. The molecule has 0 aliphatic carbocycles. The van der Waals surface area contributed by atoms with Gasteiger partial charge in [0.15, 0.2) is 0 Å². The Balaban J connectivity index is 1.59. The third-order valence-electron chi connectivity index (χ3n) is 5.73. The lowest BCUT2D eigenvalue weighted by Gasteiger charge is -2.41. The third-order valence-corrected chi connectivity index (χ3v) is 7.65. The largest absolute Gasteiger partial charge is 0.339 e. The Kier molecular flexibility index (Phi) is 6.23. The summed E-state index contributed by atoms with van der Waals surface area (Å²) in [5.41, 5.74) is 0. The van der Waals surface area contributed by atoms with Gasteiger partial charge < -0.3 is 4.90 Å². The van der Waals surface area contributed by atoms with E-state index in [-0.39, 0.29) is 11.9 Å². The van der Waals surface area contributed by atoms with Crippen molar-refractivity contribution in [2.75, 3.05) is 39.3 Å². The van der Waals surface area contributed by atoms with E-state index in [1.807, 2.05) is 11.8 Å². The number of likely N-dealkylation sites (tertiary alicyclic amines) is 1. The van der Waals surface area contributed by atoms with Gasteiger partial charge in [0.1, 0.15) is 0 Å². The lowest BCUT2D eigenvalue weighted by Crippen LogP contribution is -2.56. The van der Waals surface area contributed by atoms with Crippen LogP contribution in [0.1, 0.15) is 27.2 Å². The molecular weight excluding hydrogens is 362 g/mol. The van der Waals surface area contributed by atoms with Crippen LogP contribution in [0.15, 0.2) is 35.2 Å². The molecule has 150 valence electrons. The summed E-state index contributed by atoms with van der Waals surface area (Å²) in [5, 5.41) is 0. The van der Waals surface area contributed by atoms with Gasteiger partial charge in [-0.2, -0.15) is 4.31 Å². The smallest absolute Gasteiger partial charge is 0.243 e. The number of carbonyl (C=O) groups is 1. The van der Waals surface area contributed by atoms with Gasteiger partial charge in [0, 0.05) is 39.3 Å². The summed E-state index contributed by atoms with van der Waals surface area (Å²) >= 11 is 0. The zero-order valence-corrected chi connectivity index (χ0v) is 17.4. The first-order valence-corrected chi connectivity index (χ1v) is 11.3. The minimum atomic E-state index is -3.48. The van der Waals surface area contributed by atoms with Crippen molar-refractivity contribution in [2.24, 2.45) is 11.8 Å². The van der Waals surface area contributed by atoms with E-state index in [2.05, 4.69) is 18.7 Å². The molecule has 1 amide bonds. The number of amides is 1.